The molecule has 0 bridgehead atoms. The molecule has 0 aliphatic carbocycles. The summed E-state index contributed by atoms with van der Waals surface area (Å²) in [7, 11) is -3.85. The van der Waals surface area contributed by atoms with Gasteiger partial charge in [0.15, 0.2) is 0 Å². The third kappa shape index (κ3) is 4.21. The van der Waals surface area contributed by atoms with E-state index in [-0.39, 0.29) is 4.90 Å². The van der Waals surface area contributed by atoms with Crippen molar-refractivity contribution in [1.29, 1.82) is 0 Å². The van der Waals surface area contributed by atoms with Crippen LogP contribution in [0, 0.1) is 5.82 Å². The monoisotopic (exact) mass is 423 g/mol. The first kappa shape index (κ1) is 20.1. The molecule has 0 amide bonds. The summed E-state index contributed by atoms with van der Waals surface area (Å²) in [6.07, 6.45) is 1.46. The maximum absolute atomic E-state index is 13.4. The van der Waals surface area contributed by atoms with Crippen molar-refractivity contribution in [2.75, 3.05) is 4.72 Å². The van der Waals surface area contributed by atoms with Crippen LogP contribution in [0.15, 0.2) is 77.7 Å². The van der Waals surface area contributed by atoms with Gasteiger partial charge in [0.1, 0.15) is 11.6 Å². The van der Waals surface area contributed by atoms with Crippen molar-refractivity contribution < 1.29 is 12.8 Å². The van der Waals surface area contributed by atoms with E-state index < -0.39 is 15.8 Å². The largest absolute Gasteiger partial charge is 0.328 e. The van der Waals surface area contributed by atoms with Crippen LogP contribution in [0.2, 0.25) is 0 Å². The lowest BCUT2D eigenvalue weighted by Crippen LogP contribution is -2.13. The molecule has 0 fully saturated rings. The van der Waals surface area contributed by atoms with Crippen LogP contribution in [0.5, 0.6) is 0 Å². The molecule has 30 heavy (non-hydrogen) atoms. The number of halogens is 1. The van der Waals surface area contributed by atoms with Crippen molar-refractivity contribution in [3.05, 3.63) is 90.0 Å². The van der Waals surface area contributed by atoms with Gasteiger partial charge in [-0.2, -0.15) is 0 Å². The predicted octanol–water partition coefficient (Wildman–Crippen LogP) is 4.78. The summed E-state index contributed by atoms with van der Waals surface area (Å²) in [6.45, 7) is 2.93. The van der Waals surface area contributed by atoms with Crippen molar-refractivity contribution in [3.8, 4) is 0 Å². The SMILES string of the molecule is CCn1c(CCc2cccc(NS(=O)(=O)c3cccc(F)c3)c2)nc2ccccc21. The van der Waals surface area contributed by atoms with E-state index in [9.17, 15) is 12.8 Å². The lowest BCUT2D eigenvalue weighted by Gasteiger charge is -2.10. The highest BCUT2D eigenvalue weighted by molar-refractivity contribution is 7.92. The molecule has 7 heteroatoms. The second-order valence-electron chi connectivity index (χ2n) is 7.02. The third-order valence-electron chi connectivity index (χ3n) is 4.97. The Morgan fingerprint density at radius 2 is 1.77 bits per heavy atom. The van der Waals surface area contributed by atoms with E-state index in [2.05, 4.69) is 22.3 Å². The minimum absolute atomic E-state index is 0.107. The van der Waals surface area contributed by atoms with Crippen molar-refractivity contribution in [3.63, 3.8) is 0 Å². The van der Waals surface area contributed by atoms with Gasteiger partial charge in [-0.3, -0.25) is 4.72 Å². The molecule has 154 valence electrons. The predicted molar refractivity (Wildman–Crippen MR) is 116 cm³/mol. The van der Waals surface area contributed by atoms with Crippen LogP contribution in [0.4, 0.5) is 10.1 Å². The Labute approximate surface area is 175 Å². The Hall–Kier alpha value is -3.19. The quantitative estimate of drug-likeness (QED) is 0.465. The molecule has 0 radical (unpaired) electrons. The number of benzene rings is 3. The molecule has 0 spiro atoms. The first-order valence-corrected chi connectivity index (χ1v) is 11.3. The average Bonchev–Trinajstić information content (AvgIpc) is 3.10. The number of hydrogen-bond donors (Lipinski definition) is 1. The van der Waals surface area contributed by atoms with E-state index in [4.69, 9.17) is 4.98 Å². The van der Waals surface area contributed by atoms with Crippen LogP contribution in [-0.2, 0) is 29.4 Å². The summed E-state index contributed by atoms with van der Waals surface area (Å²) >= 11 is 0. The van der Waals surface area contributed by atoms with Gasteiger partial charge in [0.25, 0.3) is 10.0 Å². The molecule has 0 aliphatic rings. The highest BCUT2D eigenvalue weighted by Crippen LogP contribution is 2.20. The normalized spacial score (nSPS) is 11.7. The van der Waals surface area contributed by atoms with Crippen LogP contribution in [0.3, 0.4) is 0 Å². The van der Waals surface area contributed by atoms with Crippen LogP contribution in [0.25, 0.3) is 11.0 Å². The zero-order chi connectivity index (χ0) is 21.1. The van der Waals surface area contributed by atoms with Gasteiger partial charge in [-0.25, -0.2) is 17.8 Å². The highest BCUT2D eigenvalue weighted by atomic mass is 32.2. The van der Waals surface area contributed by atoms with Crippen molar-refractivity contribution in [2.24, 2.45) is 0 Å². The minimum Gasteiger partial charge on any atom is -0.328 e. The van der Waals surface area contributed by atoms with E-state index >= 15 is 0 Å². The van der Waals surface area contributed by atoms with Crippen LogP contribution < -0.4 is 4.72 Å². The number of para-hydroxylation sites is 2. The molecule has 0 aliphatic heterocycles. The third-order valence-corrected chi connectivity index (χ3v) is 6.35. The number of nitrogens with one attached hydrogen (secondary N) is 1. The van der Waals surface area contributed by atoms with Gasteiger partial charge in [-0.1, -0.05) is 30.3 Å². The van der Waals surface area contributed by atoms with E-state index in [0.717, 1.165) is 47.9 Å². The molecule has 1 aromatic heterocycles. The Balaban J connectivity index is 1.52. The minimum atomic E-state index is -3.85. The number of fused-ring (bicyclic) bond motifs is 1. The summed E-state index contributed by atoms with van der Waals surface area (Å²) in [6, 6.07) is 20.3. The van der Waals surface area contributed by atoms with Gasteiger partial charge in [-0.05, 0) is 61.4 Å². The van der Waals surface area contributed by atoms with Gasteiger partial charge < -0.3 is 4.57 Å². The van der Waals surface area contributed by atoms with E-state index in [0.29, 0.717) is 5.69 Å². The molecule has 3 aromatic carbocycles. The number of sulfonamides is 1. The fourth-order valence-electron chi connectivity index (χ4n) is 3.56. The highest BCUT2D eigenvalue weighted by Gasteiger charge is 2.15. The van der Waals surface area contributed by atoms with E-state index in [1.807, 2.05) is 30.3 Å². The number of aryl methyl sites for hydroxylation is 3. The standard InChI is InChI=1S/C23H22FN3O2S/c1-2-27-22-12-4-3-11-21(22)25-23(27)14-13-17-7-5-9-19(15-17)26-30(28,29)20-10-6-8-18(24)16-20/h3-12,15-16,26H,2,13-14H2,1H3. The fraction of sp³-hybridized carbons (Fsp3) is 0.174. The smallest absolute Gasteiger partial charge is 0.261 e. The van der Waals surface area contributed by atoms with E-state index in [1.165, 1.54) is 18.2 Å². The van der Waals surface area contributed by atoms with Crippen molar-refractivity contribution >= 4 is 26.7 Å². The topological polar surface area (TPSA) is 64.0 Å². The molecule has 0 atom stereocenters. The number of imidazole rings is 1. The lowest BCUT2D eigenvalue weighted by atomic mass is 10.1. The second-order valence-corrected chi connectivity index (χ2v) is 8.71. The molecule has 0 saturated heterocycles. The number of hydrogen-bond acceptors (Lipinski definition) is 3. The summed E-state index contributed by atoms with van der Waals surface area (Å²) in [4.78, 5) is 4.64. The van der Waals surface area contributed by atoms with Gasteiger partial charge in [-0.15, -0.1) is 0 Å². The summed E-state index contributed by atoms with van der Waals surface area (Å²) in [5, 5.41) is 0. The average molecular weight is 424 g/mol. The summed E-state index contributed by atoms with van der Waals surface area (Å²) in [5.74, 6) is 0.412. The molecule has 0 unspecified atom stereocenters. The molecule has 4 rings (SSSR count). The molecule has 0 saturated carbocycles. The lowest BCUT2D eigenvalue weighted by molar-refractivity contribution is 0.595. The molecule has 1 N–H and O–H groups in total. The molecule has 4 aromatic rings. The second kappa shape index (κ2) is 8.28. The first-order chi connectivity index (χ1) is 14.5. The summed E-state index contributed by atoms with van der Waals surface area (Å²) < 4.78 is 43.2. The first-order valence-electron chi connectivity index (χ1n) is 9.78. The molecular weight excluding hydrogens is 401 g/mol. The van der Waals surface area contributed by atoms with Crippen molar-refractivity contribution in [2.45, 2.75) is 31.2 Å². The number of aromatic nitrogens is 2. The van der Waals surface area contributed by atoms with Gasteiger partial charge in [0.2, 0.25) is 0 Å². The Bertz CT molecular complexity index is 1300. The fourth-order valence-corrected chi connectivity index (χ4v) is 4.64. The Morgan fingerprint density at radius 3 is 2.57 bits per heavy atom. The van der Waals surface area contributed by atoms with Gasteiger partial charge in [0.05, 0.1) is 15.9 Å². The zero-order valence-electron chi connectivity index (χ0n) is 16.5. The maximum Gasteiger partial charge on any atom is 0.261 e. The number of anilines is 1. The van der Waals surface area contributed by atoms with Crippen LogP contribution in [0.1, 0.15) is 18.3 Å². The van der Waals surface area contributed by atoms with Crippen molar-refractivity contribution in [1.82, 2.24) is 9.55 Å². The molecular formula is C23H22FN3O2S. The molecule has 5 nitrogen and oxygen atoms in total. The van der Waals surface area contributed by atoms with E-state index in [1.54, 1.807) is 12.1 Å². The summed E-state index contributed by atoms with van der Waals surface area (Å²) in [5.41, 5.74) is 3.53. The molecule has 1 heterocycles. The maximum atomic E-state index is 13.4. The van der Waals surface area contributed by atoms with Crippen LogP contribution in [-0.4, -0.2) is 18.0 Å². The van der Waals surface area contributed by atoms with Gasteiger partial charge in [0, 0.05) is 18.7 Å². The Morgan fingerprint density at radius 1 is 0.967 bits per heavy atom. The Kier molecular flexibility index (Phi) is 5.55. The van der Waals surface area contributed by atoms with Crippen LogP contribution >= 0.6 is 0 Å². The zero-order valence-corrected chi connectivity index (χ0v) is 17.4. The number of rotatable bonds is 7. The number of nitrogens with zero attached hydrogens (tertiary/aromatic N) is 2. The van der Waals surface area contributed by atoms with Gasteiger partial charge >= 0.3 is 0 Å².